The minimum absolute atomic E-state index is 0.187. The number of hydrogen-bond acceptors (Lipinski definition) is 5. The number of nitrogens with zero attached hydrogens (tertiary/aromatic N) is 6. The molecule has 2 heterocycles. The van der Waals surface area contributed by atoms with Gasteiger partial charge in [-0.2, -0.15) is 18.3 Å². The van der Waals surface area contributed by atoms with E-state index >= 15 is 0 Å². The largest absolute Gasteiger partial charge is 0.433 e. The molecule has 1 N–H and O–H groups in total. The van der Waals surface area contributed by atoms with Gasteiger partial charge >= 0.3 is 6.18 Å². The molecule has 0 saturated carbocycles. The lowest BCUT2D eigenvalue weighted by atomic mass is 10.4. The number of amides is 1. The number of halogens is 3. The average Bonchev–Trinajstić information content (AvgIpc) is 2.87. The number of anilines is 1. The zero-order chi connectivity index (χ0) is 14.0. The monoisotopic (exact) mass is 275 g/mol. The number of nitrogens with one attached hydrogen (secondary N) is 1. The van der Waals surface area contributed by atoms with Crippen LogP contribution in [0.25, 0.3) is 0 Å². The van der Waals surface area contributed by atoms with Crippen LogP contribution >= 0.6 is 0 Å². The molecule has 2 rings (SSSR count). The predicted molar refractivity (Wildman–Crippen MR) is 54.7 cm³/mol. The van der Waals surface area contributed by atoms with Gasteiger partial charge in [-0.3, -0.25) is 9.48 Å². The van der Waals surface area contributed by atoms with E-state index in [-0.39, 0.29) is 12.4 Å². The fourth-order valence-electron chi connectivity index (χ4n) is 1.38. The standard InChI is InChI=1S/C8H8F3N7O/c1-17-5(8(9,10)11)2-6(14-17)13-7(19)3-18-4-12-15-16-18/h2,4H,3H2,1H3,(H,13,14,19). The van der Waals surface area contributed by atoms with E-state index < -0.39 is 17.8 Å². The molecule has 0 atom stereocenters. The van der Waals surface area contributed by atoms with Crippen molar-refractivity contribution in [3.63, 3.8) is 0 Å². The summed E-state index contributed by atoms with van der Waals surface area (Å²) < 4.78 is 39.3. The zero-order valence-corrected chi connectivity index (χ0v) is 9.59. The minimum atomic E-state index is -4.53. The van der Waals surface area contributed by atoms with E-state index in [2.05, 4.69) is 25.9 Å². The van der Waals surface area contributed by atoms with Crippen LogP contribution in [0.1, 0.15) is 5.69 Å². The summed E-state index contributed by atoms with van der Waals surface area (Å²) in [5.74, 6) is -0.771. The van der Waals surface area contributed by atoms with Gasteiger partial charge in [0.25, 0.3) is 0 Å². The first-order chi connectivity index (χ1) is 8.86. The van der Waals surface area contributed by atoms with E-state index in [1.165, 1.54) is 6.33 Å². The van der Waals surface area contributed by atoms with Crippen molar-refractivity contribution in [1.29, 1.82) is 0 Å². The Morgan fingerprint density at radius 3 is 2.74 bits per heavy atom. The first-order valence-corrected chi connectivity index (χ1v) is 4.98. The number of aryl methyl sites for hydroxylation is 1. The first-order valence-electron chi connectivity index (χ1n) is 4.98. The molecule has 19 heavy (non-hydrogen) atoms. The van der Waals surface area contributed by atoms with Crippen LogP contribution in [0.3, 0.4) is 0 Å². The summed E-state index contributed by atoms with van der Waals surface area (Å²) in [5, 5.41) is 15.9. The highest BCUT2D eigenvalue weighted by molar-refractivity contribution is 5.89. The molecule has 0 aliphatic rings. The van der Waals surface area contributed by atoms with Crippen molar-refractivity contribution < 1.29 is 18.0 Å². The molecule has 0 aliphatic heterocycles. The van der Waals surface area contributed by atoms with Crippen LogP contribution in [-0.2, 0) is 24.6 Å². The quantitative estimate of drug-likeness (QED) is 0.855. The number of alkyl halides is 3. The molecule has 0 aliphatic carbocycles. The number of carbonyl (C=O) groups excluding carboxylic acids is 1. The van der Waals surface area contributed by atoms with Gasteiger partial charge in [0, 0.05) is 13.1 Å². The van der Waals surface area contributed by atoms with Crippen molar-refractivity contribution in [2.24, 2.45) is 7.05 Å². The Morgan fingerprint density at radius 1 is 1.47 bits per heavy atom. The van der Waals surface area contributed by atoms with Gasteiger partial charge < -0.3 is 5.32 Å². The Bertz CT molecular complexity index is 574. The van der Waals surface area contributed by atoms with Gasteiger partial charge in [-0.1, -0.05) is 0 Å². The van der Waals surface area contributed by atoms with Crippen LogP contribution in [0.5, 0.6) is 0 Å². The van der Waals surface area contributed by atoms with Crippen molar-refractivity contribution in [2.45, 2.75) is 12.7 Å². The number of hydrogen-bond donors (Lipinski definition) is 1. The summed E-state index contributed by atoms with van der Waals surface area (Å²) >= 11 is 0. The van der Waals surface area contributed by atoms with Crippen molar-refractivity contribution in [2.75, 3.05) is 5.32 Å². The van der Waals surface area contributed by atoms with Gasteiger partial charge in [0.05, 0.1) is 0 Å². The Labute approximate surface area is 104 Å². The first kappa shape index (κ1) is 13.0. The molecule has 0 unspecified atom stereocenters. The summed E-state index contributed by atoms with van der Waals surface area (Å²) in [7, 11) is 1.14. The number of carbonyl (C=O) groups is 1. The van der Waals surface area contributed by atoms with Crippen LogP contribution in [0.15, 0.2) is 12.4 Å². The van der Waals surface area contributed by atoms with Crippen molar-refractivity contribution in [3.05, 3.63) is 18.1 Å². The smallest absolute Gasteiger partial charge is 0.308 e. The molecule has 0 aromatic carbocycles. The van der Waals surface area contributed by atoms with Gasteiger partial charge in [-0.25, -0.2) is 4.68 Å². The van der Waals surface area contributed by atoms with Crippen LogP contribution in [-0.4, -0.2) is 35.9 Å². The van der Waals surface area contributed by atoms with Gasteiger partial charge in [-0.15, -0.1) is 5.10 Å². The van der Waals surface area contributed by atoms with E-state index in [1.807, 2.05) is 0 Å². The van der Waals surface area contributed by atoms with E-state index in [0.29, 0.717) is 4.68 Å². The molecule has 0 saturated heterocycles. The average molecular weight is 275 g/mol. The van der Waals surface area contributed by atoms with Crippen molar-refractivity contribution >= 4 is 11.7 Å². The lowest BCUT2D eigenvalue weighted by Gasteiger charge is -2.04. The Balaban J connectivity index is 2.06. The van der Waals surface area contributed by atoms with Crippen LogP contribution in [0.4, 0.5) is 19.0 Å². The summed E-state index contributed by atoms with van der Waals surface area (Å²) in [6.07, 6.45) is -3.32. The highest BCUT2D eigenvalue weighted by Crippen LogP contribution is 2.30. The van der Waals surface area contributed by atoms with E-state index in [4.69, 9.17) is 0 Å². The number of rotatable bonds is 3. The zero-order valence-electron chi connectivity index (χ0n) is 9.59. The maximum Gasteiger partial charge on any atom is 0.433 e. The molecule has 0 bridgehead atoms. The third-order valence-electron chi connectivity index (χ3n) is 2.13. The lowest BCUT2D eigenvalue weighted by Crippen LogP contribution is -2.19. The summed E-state index contributed by atoms with van der Waals surface area (Å²) in [6.45, 7) is -0.217. The molecule has 0 spiro atoms. The van der Waals surface area contributed by atoms with Crippen LogP contribution in [0, 0.1) is 0 Å². The number of aromatic nitrogens is 6. The van der Waals surface area contributed by atoms with E-state index in [0.717, 1.165) is 17.8 Å². The third kappa shape index (κ3) is 3.05. The molecule has 0 radical (unpaired) electrons. The Morgan fingerprint density at radius 2 is 2.21 bits per heavy atom. The minimum Gasteiger partial charge on any atom is -0.308 e. The molecule has 1 amide bonds. The fourth-order valence-corrected chi connectivity index (χ4v) is 1.38. The third-order valence-corrected chi connectivity index (χ3v) is 2.13. The normalized spacial score (nSPS) is 11.6. The lowest BCUT2D eigenvalue weighted by molar-refractivity contribution is -0.143. The van der Waals surface area contributed by atoms with Crippen molar-refractivity contribution in [1.82, 2.24) is 30.0 Å². The second-order valence-electron chi connectivity index (χ2n) is 3.59. The highest BCUT2D eigenvalue weighted by atomic mass is 19.4. The summed E-state index contributed by atoms with van der Waals surface area (Å²) in [5.41, 5.74) is -0.953. The summed E-state index contributed by atoms with van der Waals surface area (Å²) in [6, 6.07) is 0.748. The highest BCUT2D eigenvalue weighted by Gasteiger charge is 2.35. The van der Waals surface area contributed by atoms with E-state index in [1.54, 1.807) is 0 Å². The van der Waals surface area contributed by atoms with Gasteiger partial charge in [0.1, 0.15) is 18.6 Å². The Kier molecular flexibility index (Phi) is 3.19. The molecule has 2 aromatic heterocycles. The van der Waals surface area contributed by atoms with E-state index in [9.17, 15) is 18.0 Å². The topological polar surface area (TPSA) is 90.5 Å². The second kappa shape index (κ2) is 4.66. The maximum atomic E-state index is 12.5. The molecule has 8 nitrogen and oxygen atoms in total. The molecular weight excluding hydrogens is 267 g/mol. The second-order valence-corrected chi connectivity index (χ2v) is 3.59. The van der Waals surface area contributed by atoms with Crippen molar-refractivity contribution in [3.8, 4) is 0 Å². The Hall–Kier alpha value is -2.46. The SMILES string of the molecule is Cn1nc(NC(=O)Cn2cnnn2)cc1C(F)(F)F. The molecule has 2 aromatic rings. The summed E-state index contributed by atoms with van der Waals surface area (Å²) in [4.78, 5) is 11.5. The molecule has 102 valence electrons. The van der Waals surface area contributed by atoms with Gasteiger partial charge in [0.2, 0.25) is 5.91 Å². The van der Waals surface area contributed by atoms with Gasteiger partial charge in [0.15, 0.2) is 5.82 Å². The molecule has 11 heteroatoms. The maximum absolute atomic E-state index is 12.5. The molecular formula is C8H8F3N7O. The van der Waals surface area contributed by atoms with Crippen LogP contribution in [0.2, 0.25) is 0 Å². The van der Waals surface area contributed by atoms with Gasteiger partial charge in [-0.05, 0) is 10.4 Å². The number of tetrazole rings is 1. The predicted octanol–water partition coefficient (Wildman–Crippen LogP) is 0.0641. The molecule has 0 fully saturated rings. The van der Waals surface area contributed by atoms with Crippen LogP contribution < -0.4 is 5.32 Å². The fraction of sp³-hybridized carbons (Fsp3) is 0.375.